The predicted molar refractivity (Wildman–Crippen MR) is 143 cm³/mol. The van der Waals surface area contributed by atoms with Gasteiger partial charge < -0.3 is 9.47 Å². The van der Waals surface area contributed by atoms with Gasteiger partial charge in [-0.2, -0.15) is 0 Å². The Morgan fingerprint density at radius 1 is 0.545 bits per heavy atom. The van der Waals surface area contributed by atoms with Crippen molar-refractivity contribution in [2.24, 2.45) is 0 Å². The first kappa shape index (κ1) is 27.4. The van der Waals surface area contributed by atoms with Crippen molar-refractivity contribution >= 4 is 0 Å². The van der Waals surface area contributed by atoms with Crippen LogP contribution in [0.5, 0.6) is 5.75 Å². The lowest BCUT2D eigenvalue weighted by Crippen LogP contribution is -2.01. The van der Waals surface area contributed by atoms with Gasteiger partial charge in [-0.05, 0) is 48.6 Å². The van der Waals surface area contributed by atoms with E-state index < -0.39 is 0 Å². The zero-order valence-corrected chi connectivity index (χ0v) is 21.6. The van der Waals surface area contributed by atoms with Crippen molar-refractivity contribution in [2.45, 2.75) is 110 Å². The maximum atomic E-state index is 6.01. The minimum Gasteiger partial charge on any atom is -0.494 e. The van der Waals surface area contributed by atoms with E-state index in [9.17, 15) is 0 Å². The third-order valence-electron chi connectivity index (χ3n) is 6.45. The summed E-state index contributed by atoms with van der Waals surface area (Å²) in [7, 11) is 0. The molecular weight excluding hydrogens is 404 g/mol. The molecule has 2 heteroatoms. The largest absolute Gasteiger partial charge is 0.494 e. The van der Waals surface area contributed by atoms with Crippen LogP contribution in [-0.2, 0) is 4.74 Å². The van der Waals surface area contributed by atoms with Crippen LogP contribution in [-0.4, -0.2) is 13.2 Å². The highest BCUT2D eigenvalue weighted by Crippen LogP contribution is 2.25. The molecule has 0 aliphatic rings. The Hall–Kier alpha value is -1.80. The molecule has 33 heavy (non-hydrogen) atoms. The molecule has 0 saturated heterocycles. The monoisotopic (exact) mass is 452 g/mol. The topological polar surface area (TPSA) is 18.5 Å². The summed E-state index contributed by atoms with van der Waals surface area (Å²) >= 11 is 0. The molecular formula is C31H48O2. The van der Waals surface area contributed by atoms with Gasteiger partial charge in [0, 0.05) is 6.61 Å². The van der Waals surface area contributed by atoms with E-state index in [1.165, 1.54) is 87.3 Å². The van der Waals surface area contributed by atoms with Gasteiger partial charge in [0.15, 0.2) is 0 Å². The molecule has 0 heterocycles. The van der Waals surface area contributed by atoms with E-state index in [1.54, 1.807) is 0 Å². The normalized spacial score (nSPS) is 12.1. The maximum absolute atomic E-state index is 6.01. The summed E-state index contributed by atoms with van der Waals surface area (Å²) in [5, 5.41) is 0. The van der Waals surface area contributed by atoms with E-state index in [0.29, 0.717) is 0 Å². The Morgan fingerprint density at radius 2 is 1.00 bits per heavy atom. The summed E-state index contributed by atoms with van der Waals surface area (Å²) in [6.45, 7) is 8.33. The van der Waals surface area contributed by atoms with Crippen LogP contribution >= 0.6 is 0 Å². The molecule has 0 radical (unpaired) electrons. The molecule has 0 N–H and O–H groups in total. The fourth-order valence-corrected chi connectivity index (χ4v) is 4.18. The van der Waals surface area contributed by atoms with Gasteiger partial charge in [0.2, 0.25) is 0 Å². The maximum Gasteiger partial charge on any atom is 0.119 e. The summed E-state index contributed by atoms with van der Waals surface area (Å²) in [6, 6.07) is 17.3. The van der Waals surface area contributed by atoms with Gasteiger partial charge in [-0.15, -0.1) is 0 Å². The highest BCUT2D eigenvalue weighted by molar-refractivity contribution is 5.64. The molecule has 2 aromatic rings. The SMILES string of the molecule is CCCCCCCCCCCOc1ccc(-c2ccc(C(C)OCCCCCC)cc2)cc1. The highest BCUT2D eigenvalue weighted by atomic mass is 16.5. The number of rotatable bonds is 19. The van der Waals surface area contributed by atoms with Crippen LogP contribution in [0.15, 0.2) is 48.5 Å². The third-order valence-corrected chi connectivity index (χ3v) is 6.45. The molecule has 2 nitrogen and oxygen atoms in total. The number of unbranched alkanes of at least 4 members (excludes halogenated alkanes) is 11. The molecule has 0 bridgehead atoms. The van der Waals surface area contributed by atoms with Gasteiger partial charge in [-0.25, -0.2) is 0 Å². The van der Waals surface area contributed by atoms with Gasteiger partial charge >= 0.3 is 0 Å². The summed E-state index contributed by atoms with van der Waals surface area (Å²) in [5.74, 6) is 0.972. The van der Waals surface area contributed by atoms with Gasteiger partial charge in [-0.1, -0.05) is 121 Å². The molecule has 0 spiro atoms. The van der Waals surface area contributed by atoms with Crippen molar-refractivity contribution in [1.82, 2.24) is 0 Å². The molecule has 2 rings (SSSR count). The lowest BCUT2D eigenvalue weighted by atomic mass is 10.0. The Balaban J connectivity index is 1.64. The van der Waals surface area contributed by atoms with Crippen LogP contribution in [0.25, 0.3) is 11.1 Å². The van der Waals surface area contributed by atoms with E-state index in [-0.39, 0.29) is 6.10 Å². The van der Waals surface area contributed by atoms with Gasteiger partial charge in [0.05, 0.1) is 12.7 Å². The lowest BCUT2D eigenvalue weighted by molar-refractivity contribution is 0.0628. The molecule has 0 aliphatic carbocycles. The first-order chi connectivity index (χ1) is 16.2. The van der Waals surface area contributed by atoms with E-state index in [2.05, 4.69) is 69.3 Å². The fourth-order valence-electron chi connectivity index (χ4n) is 4.18. The smallest absolute Gasteiger partial charge is 0.119 e. The molecule has 0 amide bonds. The van der Waals surface area contributed by atoms with Crippen molar-refractivity contribution in [3.8, 4) is 16.9 Å². The van der Waals surface area contributed by atoms with E-state index in [4.69, 9.17) is 9.47 Å². The quantitative estimate of drug-likeness (QED) is 0.197. The van der Waals surface area contributed by atoms with Gasteiger partial charge in [0.1, 0.15) is 5.75 Å². The number of benzene rings is 2. The molecule has 1 atom stereocenters. The number of ether oxygens (including phenoxy) is 2. The molecule has 0 fully saturated rings. The van der Waals surface area contributed by atoms with Crippen LogP contribution in [0, 0.1) is 0 Å². The second-order valence-electron chi connectivity index (χ2n) is 9.40. The van der Waals surface area contributed by atoms with Crippen LogP contribution < -0.4 is 4.74 Å². The minimum absolute atomic E-state index is 0.150. The molecule has 0 aromatic heterocycles. The number of hydrogen-bond donors (Lipinski definition) is 0. The van der Waals surface area contributed by atoms with Crippen molar-refractivity contribution in [3.05, 3.63) is 54.1 Å². The first-order valence-corrected chi connectivity index (χ1v) is 13.7. The van der Waals surface area contributed by atoms with Crippen molar-refractivity contribution in [3.63, 3.8) is 0 Å². The molecule has 1 unspecified atom stereocenters. The average Bonchev–Trinajstić information content (AvgIpc) is 2.85. The van der Waals surface area contributed by atoms with Gasteiger partial charge in [-0.3, -0.25) is 0 Å². The summed E-state index contributed by atoms with van der Waals surface area (Å²) in [5.41, 5.74) is 3.71. The van der Waals surface area contributed by atoms with Crippen molar-refractivity contribution in [2.75, 3.05) is 13.2 Å². The van der Waals surface area contributed by atoms with Crippen molar-refractivity contribution < 1.29 is 9.47 Å². The Kier molecular flexibility index (Phi) is 14.7. The zero-order valence-electron chi connectivity index (χ0n) is 21.6. The Bertz CT molecular complexity index is 705. The van der Waals surface area contributed by atoms with Crippen LogP contribution in [0.2, 0.25) is 0 Å². The lowest BCUT2D eigenvalue weighted by Gasteiger charge is -2.14. The molecule has 184 valence electrons. The van der Waals surface area contributed by atoms with Crippen molar-refractivity contribution in [1.29, 1.82) is 0 Å². The zero-order chi connectivity index (χ0) is 23.6. The van der Waals surface area contributed by atoms with E-state index in [0.717, 1.165) is 31.8 Å². The predicted octanol–water partition coefficient (Wildman–Crippen LogP) is 9.92. The van der Waals surface area contributed by atoms with Gasteiger partial charge in [0.25, 0.3) is 0 Å². The standard InChI is InChI=1S/C31H48O2/c1-4-6-8-10-11-12-13-14-16-26-33-31-23-21-30(22-24-31)29-19-17-28(18-20-29)27(3)32-25-15-9-7-5-2/h17-24,27H,4-16,25-26H2,1-3H3. The number of hydrogen-bond acceptors (Lipinski definition) is 2. The van der Waals surface area contributed by atoms with Crippen LogP contribution in [0.3, 0.4) is 0 Å². The summed E-state index contributed by atoms with van der Waals surface area (Å²) in [6.07, 6.45) is 17.2. The Morgan fingerprint density at radius 3 is 1.58 bits per heavy atom. The molecule has 2 aromatic carbocycles. The minimum atomic E-state index is 0.150. The van der Waals surface area contributed by atoms with E-state index >= 15 is 0 Å². The van der Waals surface area contributed by atoms with Crippen LogP contribution in [0.1, 0.15) is 116 Å². The average molecular weight is 453 g/mol. The third kappa shape index (κ3) is 11.8. The fraction of sp³-hybridized carbons (Fsp3) is 0.613. The second-order valence-corrected chi connectivity index (χ2v) is 9.40. The van der Waals surface area contributed by atoms with Crippen LogP contribution in [0.4, 0.5) is 0 Å². The summed E-state index contributed by atoms with van der Waals surface area (Å²) in [4.78, 5) is 0. The molecule has 0 saturated carbocycles. The summed E-state index contributed by atoms with van der Waals surface area (Å²) < 4.78 is 12.0. The Labute approximate surface area is 204 Å². The first-order valence-electron chi connectivity index (χ1n) is 13.7. The second kappa shape index (κ2) is 17.6. The van der Waals surface area contributed by atoms with E-state index in [1.807, 2.05) is 0 Å². The highest BCUT2D eigenvalue weighted by Gasteiger charge is 2.06. The molecule has 0 aliphatic heterocycles.